The average molecular weight is 584 g/mol. The van der Waals surface area contributed by atoms with Crippen molar-refractivity contribution < 1.29 is 19.1 Å². The number of carbonyl (C=O) groups excluding carboxylic acids is 2. The number of methoxy groups -OCH3 is 1. The van der Waals surface area contributed by atoms with Gasteiger partial charge in [0.2, 0.25) is 0 Å². The second-order valence-corrected chi connectivity index (χ2v) is 8.79. The molecule has 8 heteroatoms. The molecular formula is C26H21IN2O4S. The molecule has 1 aliphatic heterocycles. The van der Waals surface area contributed by atoms with Crippen LogP contribution in [0, 0.1) is 3.57 Å². The molecule has 1 saturated heterocycles. The predicted molar refractivity (Wildman–Crippen MR) is 145 cm³/mol. The topological polar surface area (TPSA) is 59.1 Å². The van der Waals surface area contributed by atoms with Gasteiger partial charge in [0, 0.05) is 0 Å². The SMILES string of the molecule is CCOc1c(I)cc(C=C2C(=O)N(c3ccccc3)C(=S)N(c3ccccc3)C2=O)cc1OC. The van der Waals surface area contributed by atoms with Gasteiger partial charge in [0.1, 0.15) is 5.57 Å². The fraction of sp³-hybridized carbons (Fsp3) is 0.115. The Hall–Kier alpha value is -3.24. The van der Waals surface area contributed by atoms with Gasteiger partial charge in [0.25, 0.3) is 11.8 Å². The molecule has 0 N–H and O–H groups in total. The summed E-state index contributed by atoms with van der Waals surface area (Å²) in [5, 5.41) is 0.100. The first-order valence-electron chi connectivity index (χ1n) is 10.5. The van der Waals surface area contributed by atoms with Gasteiger partial charge in [-0.2, -0.15) is 0 Å². The first-order chi connectivity index (χ1) is 16.5. The number of halogens is 1. The molecule has 0 unspecified atom stereocenters. The second-order valence-electron chi connectivity index (χ2n) is 7.26. The average Bonchev–Trinajstić information content (AvgIpc) is 2.84. The molecule has 1 fully saturated rings. The van der Waals surface area contributed by atoms with Gasteiger partial charge in [-0.05, 0) is 89.8 Å². The Morgan fingerprint density at radius 3 is 1.91 bits per heavy atom. The maximum absolute atomic E-state index is 13.6. The van der Waals surface area contributed by atoms with Gasteiger partial charge >= 0.3 is 0 Å². The Bertz CT molecular complexity index is 1220. The summed E-state index contributed by atoms with van der Waals surface area (Å²) in [5.41, 5.74) is 1.78. The Morgan fingerprint density at radius 2 is 1.44 bits per heavy atom. The third-order valence-electron chi connectivity index (χ3n) is 5.13. The summed E-state index contributed by atoms with van der Waals surface area (Å²) in [6.45, 7) is 2.38. The quantitative estimate of drug-likeness (QED) is 0.167. The van der Waals surface area contributed by atoms with Gasteiger partial charge in [0.15, 0.2) is 16.6 Å². The number of para-hydroxylation sites is 2. The molecule has 4 rings (SSSR count). The van der Waals surface area contributed by atoms with Crippen LogP contribution in [-0.4, -0.2) is 30.6 Å². The van der Waals surface area contributed by atoms with Crippen LogP contribution in [0.25, 0.3) is 6.08 Å². The van der Waals surface area contributed by atoms with E-state index in [1.165, 1.54) is 9.80 Å². The van der Waals surface area contributed by atoms with Crippen molar-refractivity contribution in [1.82, 2.24) is 0 Å². The van der Waals surface area contributed by atoms with Gasteiger partial charge in [-0.3, -0.25) is 19.4 Å². The zero-order valence-electron chi connectivity index (χ0n) is 18.5. The lowest BCUT2D eigenvalue weighted by Gasteiger charge is -2.36. The van der Waals surface area contributed by atoms with Crippen molar-refractivity contribution in [2.75, 3.05) is 23.5 Å². The van der Waals surface area contributed by atoms with Crippen LogP contribution >= 0.6 is 34.8 Å². The molecule has 0 atom stereocenters. The fourth-order valence-corrected chi connectivity index (χ4v) is 4.77. The first kappa shape index (κ1) is 23.9. The number of anilines is 2. The number of benzene rings is 3. The summed E-state index contributed by atoms with van der Waals surface area (Å²) in [7, 11) is 1.55. The molecule has 34 heavy (non-hydrogen) atoms. The highest BCUT2D eigenvalue weighted by molar-refractivity contribution is 14.1. The highest BCUT2D eigenvalue weighted by Gasteiger charge is 2.41. The number of ether oxygens (including phenoxy) is 2. The number of hydrogen-bond donors (Lipinski definition) is 0. The summed E-state index contributed by atoms with van der Waals surface area (Å²) in [6.07, 6.45) is 1.57. The Labute approximate surface area is 216 Å². The van der Waals surface area contributed by atoms with E-state index in [0.29, 0.717) is 35.0 Å². The summed E-state index contributed by atoms with van der Waals surface area (Å²) in [4.78, 5) is 30.0. The van der Waals surface area contributed by atoms with E-state index in [4.69, 9.17) is 21.7 Å². The highest BCUT2D eigenvalue weighted by atomic mass is 127. The number of hydrogen-bond acceptors (Lipinski definition) is 5. The molecule has 1 heterocycles. The largest absolute Gasteiger partial charge is 0.493 e. The van der Waals surface area contributed by atoms with Crippen molar-refractivity contribution in [2.45, 2.75) is 6.92 Å². The van der Waals surface area contributed by atoms with E-state index < -0.39 is 11.8 Å². The molecular weight excluding hydrogens is 563 g/mol. The summed E-state index contributed by atoms with van der Waals surface area (Å²) in [6, 6.07) is 21.7. The van der Waals surface area contributed by atoms with Crippen molar-refractivity contribution in [2.24, 2.45) is 0 Å². The minimum atomic E-state index is -0.490. The van der Waals surface area contributed by atoms with E-state index in [9.17, 15) is 9.59 Å². The van der Waals surface area contributed by atoms with Crippen molar-refractivity contribution in [3.05, 3.63) is 87.5 Å². The molecule has 6 nitrogen and oxygen atoms in total. The van der Waals surface area contributed by atoms with E-state index in [1.54, 1.807) is 43.5 Å². The number of rotatable bonds is 6. The fourth-order valence-electron chi connectivity index (χ4n) is 3.61. The van der Waals surface area contributed by atoms with Crippen molar-refractivity contribution in [3.8, 4) is 11.5 Å². The maximum atomic E-state index is 13.6. The Kier molecular flexibility index (Phi) is 7.28. The van der Waals surface area contributed by atoms with E-state index >= 15 is 0 Å². The van der Waals surface area contributed by atoms with Crippen LogP contribution < -0.4 is 19.3 Å². The smallest absolute Gasteiger partial charge is 0.270 e. The first-order valence-corrected chi connectivity index (χ1v) is 12.0. The molecule has 1 aliphatic rings. The van der Waals surface area contributed by atoms with Gasteiger partial charge in [-0.25, -0.2) is 0 Å². The van der Waals surface area contributed by atoms with Gasteiger partial charge in [-0.1, -0.05) is 36.4 Å². The third kappa shape index (κ3) is 4.55. The molecule has 0 aromatic heterocycles. The molecule has 0 saturated carbocycles. The lowest BCUT2D eigenvalue weighted by atomic mass is 10.0. The van der Waals surface area contributed by atoms with Crippen molar-refractivity contribution in [1.29, 1.82) is 0 Å². The minimum Gasteiger partial charge on any atom is -0.493 e. The van der Waals surface area contributed by atoms with Crippen molar-refractivity contribution >= 4 is 69.2 Å². The summed E-state index contributed by atoms with van der Waals surface area (Å²) < 4.78 is 12.0. The van der Waals surface area contributed by atoms with Crippen LogP contribution in [-0.2, 0) is 9.59 Å². The number of nitrogens with zero attached hydrogens (tertiary/aromatic N) is 2. The molecule has 0 radical (unpaired) electrons. The zero-order valence-corrected chi connectivity index (χ0v) is 21.5. The molecule has 172 valence electrons. The molecule has 2 amide bonds. The molecule has 3 aromatic carbocycles. The monoisotopic (exact) mass is 584 g/mol. The predicted octanol–water partition coefficient (Wildman–Crippen LogP) is 5.45. The number of carbonyl (C=O) groups is 2. The van der Waals surface area contributed by atoms with E-state index in [-0.39, 0.29) is 10.7 Å². The van der Waals surface area contributed by atoms with Crippen LogP contribution in [0.15, 0.2) is 78.4 Å². The third-order valence-corrected chi connectivity index (χ3v) is 6.30. The van der Waals surface area contributed by atoms with E-state index in [0.717, 1.165) is 3.57 Å². The normalized spacial score (nSPS) is 13.9. The highest BCUT2D eigenvalue weighted by Crippen LogP contribution is 2.36. The molecule has 3 aromatic rings. The lowest BCUT2D eigenvalue weighted by molar-refractivity contribution is -0.120. The molecule has 0 bridgehead atoms. The van der Waals surface area contributed by atoms with E-state index in [1.807, 2.05) is 49.4 Å². The molecule has 0 aliphatic carbocycles. The van der Waals surface area contributed by atoms with Gasteiger partial charge < -0.3 is 9.47 Å². The summed E-state index contributed by atoms with van der Waals surface area (Å²) in [5.74, 6) is 0.159. The number of thiocarbonyl (C=S) groups is 1. The summed E-state index contributed by atoms with van der Waals surface area (Å²) >= 11 is 7.78. The van der Waals surface area contributed by atoms with Crippen LogP contribution in [0.3, 0.4) is 0 Å². The van der Waals surface area contributed by atoms with E-state index in [2.05, 4.69) is 22.6 Å². The van der Waals surface area contributed by atoms with Crippen LogP contribution in [0.1, 0.15) is 12.5 Å². The van der Waals surface area contributed by atoms with Crippen LogP contribution in [0.2, 0.25) is 0 Å². The van der Waals surface area contributed by atoms with Crippen LogP contribution in [0.5, 0.6) is 11.5 Å². The zero-order chi connectivity index (χ0) is 24.2. The second kappa shape index (κ2) is 10.4. The van der Waals surface area contributed by atoms with Crippen LogP contribution in [0.4, 0.5) is 11.4 Å². The molecule has 0 spiro atoms. The van der Waals surface area contributed by atoms with Crippen molar-refractivity contribution in [3.63, 3.8) is 0 Å². The van der Waals surface area contributed by atoms with Gasteiger partial charge in [0.05, 0.1) is 28.7 Å². The Balaban J connectivity index is 1.86. The maximum Gasteiger partial charge on any atom is 0.270 e. The van der Waals surface area contributed by atoms with Gasteiger partial charge in [-0.15, -0.1) is 0 Å². The lowest BCUT2D eigenvalue weighted by Crippen LogP contribution is -2.56. The number of amides is 2. The standard InChI is InChI=1S/C26H21IN2O4S/c1-3-33-23-21(27)15-17(16-22(23)32-2)14-20-24(30)28(18-10-6-4-7-11-18)26(34)29(25(20)31)19-12-8-5-9-13-19/h4-16H,3H2,1-2H3. The minimum absolute atomic E-state index is 0.0108. The Morgan fingerprint density at radius 1 is 0.912 bits per heavy atom.